The maximum Gasteiger partial charge on any atom is 0.128 e. The van der Waals surface area contributed by atoms with Gasteiger partial charge in [0.1, 0.15) is 11.6 Å². The van der Waals surface area contributed by atoms with Gasteiger partial charge in [0.25, 0.3) is 0 Å². The molecule has 5 nitrogen and oxygen atoms in total. The molecule has 1 aromatic carbocycles. The van der Waals surface area contributed by atoms with Crippen molar-refractivity contribution in [2.75, 3.05) is 5.32 Å². The molecule has 0 saturated heterocycles. The van der Waals surface area contributed by atoms with Crippen LogP contribution in [0.5, 0.6) is 0 Å². The van der Waals surface area contributed by atoms with Gasteiger partial charge < -0.3 is 9.88 Å². The largest absolute Gasteiger partial charge is 0.376 e. The first-order valence-electron chi connectivity index (χ1n) is 7.20. The molecule has 0 radical (unpaired) electrons. The van der Waals surface area contributed by atoms with E-state index in [1.165, 1.54) is 12.1 Å². The fourth-order valence-electron chi connectivity index (χ4n) is 2.39. The standard InChI is InChI=1S/C16H18FN5/c1-12(2)21-9-7-18-16(21)11-19-14-10-13(17)4-5-15(14)22-8-3-6-20-22/h3-10,12,19H,11H2,1-2H3. The second-order valence-corrected chi connectivity index (χ2v) is 5.31. The smallest absolute Gasteiger partial charge is 0.128 e. The van der Waals surface area contributed by atoms with E-state index in [2.05, 4.69) is 33.8 Å². The molecule has 2 heterocycles. The number of hydrogen-bond donors (Lipinski definition) is 1. The maximum absolute atomic E-state index is 13.6. The zero-order valence-electron chi connectivity index (χ0n) is 12.6. The fourth-order valence-corrected chi connectivity index (χ4v) is 2.39. The minimum atomic E-state index is -0.286. The lowest BCUT2D eigenvalue weighted by atomic mass is 10.2. The number of imidazole rings is 1. The summed E-state index contributed by atoms with van der Waals surface area (Å²) in [7, 11) is 0. The predicted molar refractivity (Wildman–Crippen MR) is 83.5 cm³/mol. The highest BCUT2D eigenvalue weighted by Crippen LogP contribution is 2.22. The van der Waals surface area contributed by atoms with Crippen LogP contribution in [0.2, 0.25) is 0 Å². The molecule has 0 spiro atoms. The summed E-state index contributed by atoms with van der Waals surface area (Å²) in [5.74, 6) is 0.622. The Kier molecular flexibility index (Phi) is 3.91. The Balaban J connectivity index is 1.86. The van der Waals surface area contributed by atoms with Gasteiger partial charge in [-0.25, -0.2) is 14.1 Å². The Hall–Kier alpha value is -2.63. The van der Waals surface area contributed by atoms with Gasteiger partial charge >= 0.3 is 0 Å². The molecular formula is C16H18FN5. The predicted octanol–water partition coefficient (Wildman–Crippen LogP) is 3.40. The molecule has 1 N–H and O–H groups in total. The van der Waals surface area contributed by atoms with Crippen molar-refractivity contribution in [1.29, 1.82) is 0 Å². The Bertz CT molecular complexity index is 746. The van der Waals surface area contributed by atoms with E-state index in [9.17, 15) is 4.39 Å². The lowest BCUT2D eigenvalue weighted by molar-refractivity contribution is 0.572. The van der Waals surface area contributed by atoms with Crippen LogP contribution in [0.1, 0.15) is 25.7 Å². The normalized spacial score (nSPS) is 11.1. The van der Waals surface area contributed by atoms with Crippen LogP contribution in [0, 0.1) is 5.82 Å². The molecule has 6 heteroatoms. The maximum atomic E-state index is 13.6. The quantitative estimate of drug-likeness (QED) is 0.785. The van der Waals surface area contributed by atoms with Crippen LogP contribution in [-0.2, 0) is 6.54 Å². The van der Waals surface area contributed by atoms with E-state index in [1.807, 2.05) is 18.5 Å². The van der Waals surface area contributed by atoms with Crippen molar-refractivity contribution in [2.45, 2.75) is 26.4 Å². The number of halogens is 1. The van der Waals surface area contributed by atoms with Crippen molar-refractivity contribution in [1.82, 2.24) is 19.3 Å². The number of rotatable bonds is 5. The molecule has 114 valence electrons. The molecule has 0 unspecified atom stereocenters. The average molecular weight is 299 g/mol. The first-order valence-corrected chi connectivity index (χ1v) is 7.20. The van der Waals surface area contributed by atoms with Gasteiger partial charge in [-0.1, -0.05) is 0 Å². The van der Waals surface area contributed by atoms with Gasteiger partial charge in [-0.05, 0) is 38.1 Å². The highest BCUT2D eigenvalue weighted by atomic mass is 19.1. The number of benzene rings is 1. The Morgan fingerprint density at radius 2 is 2.09 bits per heavy atom. The van der Waals surface area contributed by atoms with Crippen molar-refractivity contribution in [3.63, 3.8) is 0 Å². The number of anilines is 1. The molecule has 3 rings (SSSR count). The third-order valence-electron chi connectivity index (χ3n) is 3.45. The van der Waals surface area contributed by atoms with Gasteiger partial charge in [-0.3, -0.25) is 0 Å². The summed E-state index contributed by atoms with van der Waals surface area (Å²) in [5, 5.41) is 7.46. The molecular weight excluding hydrogens is 281 g/mol. The van der Waals surface area contributed by atoms with Crippen LogP contribution in [0.15, 0.2) is 49.1 Å². The van der Waals surface area contributed by atoms with E-state index >= 15 is 0 Å². The number of hydrogen-bond acceptors (Lipinski definition) is 3. The van der Waals surface area contributed by atoms with Crippen molar-refractivity contribution >= 4 is 5.69 Å². The summed E-state index contributed by atoms with van der Waals surface area (Å²) < 4.78 is 17.4. The highest BCUT2D eigenvalue weighted by molar-refractivity contribution is 5.60. The van der Waals surface area contributed by atoms with E-state index < -0.39 is 0 Å². The van der Waals surface area contributed by atoms with E-state index in [4.69, 9.17) is 0 Å². The van der Waals surface area contributed by atoms with Crippen molar-refractivity contribution in [3.8, 4) is 5.69 Å². The molecule has 0 fully saturated rings. The molecule has 3 aromatic rings. The Morgan fingerprint density at radius 3 is 2.82 bits per heavy atom. The molecule has 2 aromatic heterocycles. The zero-order chi connectivity index (χ0) is 15.5. The second kappa shape index (κ2) is 6.01. The lowest BCUT2D eigenvalue weighted by Crippen LogP contribution is -2.11. The molecule has 0 aliphatic carbocycles. The first-order chi connectivity index (χ1) is 10.6. The van der Waals surface area contributed by atoms with Crippen LogP contribution in [0.4, 0.5) is 10.1 Å². The summed E-state index contributed by atoms with van der Waals surface area (Å²) in [5.41, 5.74) is 1.48. The molecule has 22 heavy (non-hydrogen) atoms. The van der Waals surface area contributed by atoms with Crippen LogP contribution in [0.25, 0.3) is 5.69 Å². The van der Waals surface area contributed by atoms with Gasteiger partial charge in [0.05, 0.1) is 17.9 Å². The third kappa shape index (κ3) is 2.86. The summed E-state index contributed by atoms with van der Waals surface area (Å²) in [6.45, 7) is 4.72. The zero-order valence-corrected chi connectivity index (χ0v) is 12.6. The minimum absolute atomic E-state index is 0.286. The number of aromatic nitrogens is 4. The fraction of sp³-hybridized carbons (Fsp3) is 0.250. The molecule has 0 aliphatic heterocycles. The van der Waals surface area contributed by atoms with Crippen LogP contribution >= 0.6 is 0 Å². The van der Waals surface area contributed by atoms with Gasteiger partial charge in [-0.2, -0.15) is 5.10 Å². The van der Waals surface area contributed by atoms with E-state index in [1.54, 1.807) is 23.1 Å². The summed E-state index contributed by atoms with van der Waals surface area (Å²) in [6.07, 6.45) is 7.24. The van der Waals surface area contributed by atoms with Gasteiger partial charge in [0, 0.05) is 30.8 Å². The Morgan fingerprint density at radius 1 is 1.23 bits per heavy atom. The van der Waals surface area contributed by atoms with Crippen LogP contribution in [-0.4, -0.2) is 19.3 Å². The summed E-state index contributed by atoms with van der Waals surface area (Å²) >= 11 is 0. The monoisotopic (exact) mass is 299 g/mol. The average Bonchev–Trinajstić information content (AvgIpc) is 3.16. The van der Waals surface area contributed by atoms with E-state index in [-0.39, 0.29) is 5.82 Å². The highest BCUT2D eigenvalue weighted by Gasteiger charge is 2.09. The molecule has 0 atom stereocenters. The van der Waals surface area contributed by atoms with Crippen LogP contribution in [0.3, 0.4) is 0 Å². The summed E-state index contributed by atoms with van der Waals surface area (Å²) in [4.78, 5) is 4.35. The van der Waals surface area contributed by atoms with Crippen molar-refractivity contribution < 1.29 is 4.39 Å². The first kappa shape index (κ1) is 14.3. The second-order valence-electron chi connectivity index (χ2n) is 5.31. The number of nitrogens with zero attached hydrogens (tertiary/aromatic N) is 4. The van der Waals surface area contributed by atoms with Crippen molar-refractivity contribution in [3.05, 3.63) is 60.7 Å². The van der Waals surface area contributed by atoms with Gasteiger partial charge in [0.15, 0.2) is 0 Å². The molecule has 0 amide bonds. The van der Waals surface area contributed by atoms with Gasteiger partial charge in [-0.15, -0.1) is 0 Å². The lowest BCUT2D eigenvalue weighted by Gasteiger charge is -2.15. The minimum Gasteiger partial charge on any atom is -0.376 e. The topological polar surface area (TPSA) is 47.7 Å². The van der Waals surface area contributed by atoms with Crippen molar-refractivity contribution in [2.24, 2.45) is 0 Å². The van der Waals surface area contributed by atoms with Gasteiger partial charge in [0.2, 0.25) is 0 Å². The molecule has 0 bridgehead atoms. The van der Waals surface area contributed by atoms with E-state index in [0.29, 0.717) is 18.3 Å². The molecule has 0 saturated carbocycles. The number of nitrogens with one attached hydrogen (secondary N) is 1. The summed E-state index contributed by atoms with van der Waals surface area (Å²) in [6, 6.07) is 6.77. The molecule has 0 aliphatic rings. The van der Waals surface area contributed by atoms with Crippen LogP contribution < -0.4 is 5.32 Å². The third-order valence-corrected chi connectivity index (χ3v) is 3.45. The Labute approximate surface area is 128 Å². The SMILES string of the molecule is CC(C)n1ccnc1CNc1cc(F)ccc1-n1cccn1. The van der Waals surface area contributed by atoms with E-state index in [0.717, 1.165) is 11.5 Å².